The van der Waals surface area contributed by atoms with Gasteiger partial charge < -0.3 is 14.6 Å². The Hall–Kier alpha value is -0.560. The quantitative estimate of drug-likeness (QED) is 0.503. The van der Waals surface area contributed by atoms with Gasteiger partial charge in [0.25, 0.3) is 0 Å². The van der Waals surface area contributed by atoms with Gasteiger partial charge in [0.15, 0.2) is 0 Å². The topological polar surface area (TPSA) is 38.7 Å². The van der Waals surface area contributed by atoms with E-state index in [1.807, 2.05) is 13.8 Å². The van der Waals surface area contributed by atoms with Crippen LogP contribution in [0.2, 0.25) is 0 Å². The fraction of sp³-hybridized carbons (Fsp3) is 0.778. The van der Waals surface area contributed by atoms with Crippen molar-refractivity contribution in [1.29, 1.82) is 0 Å². The first kappa shape index (κ1) is 11.4. The minimum absolute atomic E-state index is 0.505. The summed E-state index contributed by atoms with van der Waals surface area (Å²) in [6.45, 7) is 6.45. The maximum Gasteiger partial charge on any atom is 0.222 e. The summed E-state index contributed by atoms with van der Waals surface area (Å²) in [7, 11) is 0. The van der Waals surface area contributed by atoms with Crippen molar-refractivity contribution in [3.63, 3.8) is 0 Å². The third-order valence-corrected chi connectivity index (χ3v) is 1.05. The van der Waals surface area contributed by atoms with E-state index < -0.39 is 12.4 Å². The van der Waals surface area contributed by atoms with Crippen LogP contribution < -0.4 is 0 Å². The molecule has 0 aromatic carbocycles. The minimum Gasteiger partial charge on any atom is -0.381 e. The van der Waals surface area contributed by atoms with Crippen molar-refractivity contribution in [2.45, 2.75) is 33.2 Å². The van der Waals surface area contributed by atoms with Gasteiger partial charge in [-0.2, -0.15) is 0 Å². The number of hydrogen-bond donors (Lipinski definition) is 1. The van der Waals surface area contributed by atoms with Crippen LogP contribution in [0.25, 0.3) is 0 Å². The Balaban J connectivity index is 3.87. The molecule has 0 aromatic rings. The van der Waals surface area contributed by atoms with Gasteiger partial charge in [-0.25, -0.2) is 0 Å². The van der Waals surface area contributed by atoms with Crippen LogP contribution in [0.1, 0.15) is 20.8 Å². The van der Waals surface area contributed by atoms with E-state index in [1.165, 1.54) is 0 Å². The van der Waals surface area contributed by atoms with Crippen LogP contribution >= 0.6 is 0 Å². The number of aliphatic hydroxyl groups excluding tert-OH is 1. The van der Waals surface area contributed by atoms with E-state index >= 15 is 0 Å². The second-order valence-corrected chi connectivity index (χ2v) is 2.21. The molecule has 0 radical (unpaired) electrons. The third kappa shape index (κ3) is 6.17. The van der Waals surface area contributed by atoms with Crippen LogP contribution in [0, 0.1) is 11.8 Å². The molecule has 0 fully saturated rings. The molecule has 0 heterocycles. The van der Waals surface area contributed by atoms with Gasteiger partial charge in [-0.1, -0.05) is 5.92 Å². The van der Waals surface area contributed by atoms with Gasteiger partial charge >= 0.3 is 0 Å². The van der Waals surface area contributed by atoms with Gasteiger partial charge in [-0.15, -0.1) is 0 Å². The molecule has 0 aliphatic heterocycles. The van der Waals surface area contributed by atoms with Crippen LogP contribution in [0.4, 0.5) is 0 Å². The lowest BCUT2D eigenvalue weighted by Gasteiger charge is -2.09. The number of aliphatic hydroxyl groups is 1. The second kappa shape index (κ2) is 7.11. The zero-order valence-corrected chi connectivity index (χ0v) is 7.83. The summed E-state index contributed by atoms with van der Waals surface area (Å²) in [6, 6.07) is 0. The zero-order valence-electron chi connectivity index (χ0n) is 7.83. The first-order valence-corrected chi connectivity index (χ1v) is 4.13. The molecular weight excluding hydrogens is 156 g/mol. The Morgan fingerprint density at radius 3 is 2.00 bits per heavy atom. The van der Waals surface area contributed by atoms with Gasteiger partial charge in [0.2, 0.25) is 6.29 Å². The monoisotopic (exact) mass is 172 g/mol. The van der Waals surface area contributed by atoms with E-state index in [-0.39, 0.29) is 0 Å². The molecule has 3 nitrogen and oxygen atoms in total. The summed E-state index contributed by atoms with van der Waals surface area (Å²) in [5, 5.41) is 8.85. The molecule has 12 heavy (non-hydrogen) atoms. The Morgan fingerprint density at radius 1 is 1.17 bits per heavy atom. The van der Waals surface area contributed by atoms with Crippen LogP contribution in [0.3, 0.4) is 0 Å². The lowest BCUT2D eigenvalue weighted by molar-refractivity contribution is -0.0971. The summed E-state index contributed by atoms with van der Waals surface area (Å²) in [5.74, 6) is 5.25. The minimum atomic E-state index is -0.631. The highest BCUT2D eigenvalue weighted by Gasteiger charge is 2.01. The Morgan fingerprint density at radius 2 is 1.67 bits per heavy atom. The Bertz CT molecular complexity index is 149. The molecule has 0 aliphatic carbocycles. The molecule has 0 aliphatic rings. The molecule has 1 N–H and O–H groups in total. The van der Waals surface area contributed by atoms with Gasteiger partial charge in [0.1, 0.15) is 6.10 Å². The van der Waals surface area contributed by atoms with Crippen molar-refractivity contribution in [1.82, 2.24) is 0 Å². The molecule has 0 spiro atoms. The fourth-order valence-electron chi connectivity index (χ4n) is 0.623. The zero-order chi connectivity index (χ0) is 9.40. The number of hydrogen-bond acceptors (Lipinski definition) is 3. The molecule has 0 saturated carbocycles. The highest BCUT2D eigenvalue weighted by molar-refractivity contribution is 5.05. The fourth-order valence-corrected chi connectivity index (χ4v) is 0.623. The molecule has 0 saturated heterocycles. The summed E-state index contributed by atoms with van der Waals surface area (Å²) < 4.78 is 10.3. The van der Waals surface area contributed by atoms with Crippen molar-refractivity contribution in [2.75, 3.05) is 13.2 Å². The van der Waals surface area contributed by atoms with Crippen LogP contribution in [0.15, 0.2) is 0 Å². The summed E-state index contributed by atoms with van der Waals surface area (Å²) in [6.07, 6.45) is -1.14. The number of ether oxygens (including phenoxy) is 2. The molecule has 0 amide bonds. The normalized spacial score (nSPS) is 12.4. The maximum absolute atomic E-state index is 8.85. The SMILES string of the molecule is CCOC(C#CC(C)O)OCC. The molecular formula is C9H16O3. The third-order valence-electron chi connectivity index (χ3n) is 1.05. The summed E-state index contributed by atoms with van der Waals surface area (Å²) in [5.41, 5.74) is 0. The van der Waals surface area contributed by atoms with E-state index in [1.54, 1.807) is 6.92 Å². The van der Waals surface area contributed by atoms with E-state index in [0.717, 1.165) is 0 Å². The van der Waals surface area contributed by atoms with Crippen molar-refractivity contribution in [3.8, 4) is 11.8 Å². The number of rotatable bonds is 4. The second-order valence-electron chi connectivity index (χ2n) is 2.21. The molecule has 1 atom stereocenters. The van der Waals surface area contributed by atoms with Gasteiger partial charge in [0.05, 0.1) is 0 Å². The maximum atomic E-state index is 8.85. The highest BCUT2D eigenvalue weighted by atomic mass is 16.7. The summed E-state index contributed by atoms with van der Waals surface area (Å²) in [4.78, 5) is 0. The average Bonchev–Trinajstić information content (AvgIpc) is 2.01. The van der Waals surface area contributed by atoms with Crippen molar-refractivity contribution in [2.24, 2.45) is 0 Å². The average molecular weight is 172 g/mol. The van der Waals surface area contributed by atoms with E-state index in [9.17, 15) is 0 Å². The molecule has 3 heteroatoms. The largest absolute Gasteiger partial charge is 0.381 e. The Kier molecular flexibility index (Phi) is 6.78. The van der Waals surface area contributed by atoms with Gasteiger partial charge in [-0.3, -0.25) is 0 Å². The smallest absolute Gasteiger partial charge is 0.222 e. The molecule has 0 rings (SSSR count). The predicted octanol–water partition coefficient (Wildman–Crippen LogP) is 0.770. The molecule has 70 valence electrons. The van der Waals surface area contributed by atoms with E-state index in [4.69, 9.17) is 14.6 Å². The van der Waals surface area contributed by atoms with Gasteiger partial charge in [-0.05, 0) is 26.7 Å². The Labute approximate surface area is 73.7 Å². The van der Waals surface area contributed by atoms with Crippen molar-refractivity contribution in [3.05, 3.63) is 0 Å². The highest BCUT2D eigenvalue weighted by Crippen LogP contribution is 1.92. The van der Waals surface area contributed by atoms with E-state index in [0.29, 0.717) is 13.2 Å². The molecule has 1 unspecified atom stereocenters. The van der Waals surface area contributed by atoms with Crippen LogP contribution in [-0.4, -0.2) is 30.7 Å². The van der Waals surface area contributed by atoms with Crippen LogP contribution in [-0.2, 0) is 9.47 Å². The first-order chi connectivity index (χ1) is 5.70. The molecule has 0 aromatic heterocycles. The van der Waals surface area contributed by atoms with Crippen molar-refractivity contribution >= 4 is 0 Å². The van der Waals surface area contributed by atoms with Gasteiger partial charge in [0, 0.05) is 13.2 Å². The van der Waals surface area contributed by atoms with E-state index in [2.05, 4.69) is 11.8 Å². The lowest BCUT2D eigenvalue weighted by Crippen LogP contribution is -2.15. The standard InChI is InChI=1S/C9H16O3/c1-4-11-9(12-5-2)7-6-8(3)10/h8-10H,4-5H2,1-3H3. The predicted molar refractivity (Wildman–Crippen MR) is 46.5 cm³/mol. The van der Waals surface area contributed by atoms with Crippen LogP contribution in [0.5, 0.6) is 0 Å². The molecule has 0 bridgehead atoms. The first-order valence-electron chi connectivity index (χ1n) is 4.13. The van der Waals surface area contributed by atoms with Crippen molar-refractivity contribution < 1.29 is 14.6 Å². The summed E-state index contributed by atoms with van der Waals surface area (Å²) >= 11 is 0. The lowest BCUT2D eigenvalue weighted by atomic mass is 10.4.